The van der Waals surface area contributed by atoms with Crippen LogP contribution in [0.4, 0.5) is 10.1 Å². The van der Waals surface area contributed by atoms with Gasteiger partial charge in [-0.2, -0.15) is 0 Å². The van der Waals surface area contributed by atoms with Crippen molar-refractivity contribution in [2.75, 3.05) is 31.5 Å². The van der Waals surface area contributed by atoms with Gasteiger partial charge in [0.25, 0.3) is 0 Å². The van der Waals surface area contributed by atoms with E-state index in [2.05, 4.69) is 28.6 Å². The maximum absolute atomic E-state index is 13.1. The van der Waals surface area contributed by atoms with Gasteiger partial charge in [-0.15, -0.1) is 0 Å². The lowest BCUT2D eigenvalue weighted by molar-refractivity contribution is 0.0817. The summed E-state index contributed by atoms with van der Waals surface area (Å²) in [6, 6.07) is 12.7. The molecule has 1 N–H and O–H groups in total. The molecule has 0 saturated carbocycles. The number of nitrogens with one attached hydrogen (secondary N) is 1. The number of hydrogen-bond acceptors (Lipinski definition) is 4. The number of rotatable bonds is 4. The van der Waals surface area contributed by atoms with Crippen LogP contribution in [0.3, 0.4) is 0 Å². The van der Waals surface area contributed by atoms with E-state index < -0.39 is 0 Å². The number of halogens is 2. The molecule has 2 aliphatic heterocycles. The molecule has 2 atom stereocenters. The van der Waals surface area contributed by atoms with Crippen LogP contribution in [0.15, 0.2) is 54.7 Å². The highest BCUT2D eigenvalue weighted by molar-refractivity contribution is 6.30. The molecule has 4 rings (SSSR count). The van der Waals surface area contributed by atoms with Crippen LogP contribution >= 0.6 is 11.6 Å². The zero-order valence-corrected chi connectivity index (χ0v) is 16.8. The molecule has 0 aliphatic carbocycles. The average molecular weight is 402 g/mol. The topological polar surface area (TPSA) is 27.7 Å². The van der Waals surface area contributed by atoms with Gasteiger partial charge in [-0.1, -0.05) is 30.3 Å². The molecule has 6 heteroatoms. The van der Waals surface area contributed by atoms with Gasteiger partial charge in [-0.25, -0.2) is 4.39 Å². The molecule has 0 bridgehead atoms. The zero-order valence-electron chi connectivity index (χ0n) is 16.0. The number of hydrogen-bond donors (Lipinski definition) is 1. The maximum Gasteiger partial charge on any atom is 0.155 e. The van der Waals surface area contributed by atoms with Crippen LogP contribution in [0.25, 0.3) is 0 Å². The lowest BCUT2D eigenvalue weighted by atomic mass is 10.1. The third-order valence-corrected chi connectivity index (χ3v) is 5.70. The minimum Gasteiger partial charge on any atom is -0.480 e. The summed E-state index contributed by atoms with van der Waals surface area (Å²) in [6.45, 7) is 10.8. The fourth-order valence-electron chi connectivity index (χ4n) is 3.96. The van der Waals surface area contributed by atoms with Crippen molar-refractivity contribution in [3.05, 3.63) is 71.1 Å². The monoisotopic (exact) mass is 401 g/mol. The van der Waals surface area contributed by atoms with Crippen LogP contribution in [-0.2, 0) is 6.54 Å². The quantitative estimate of drug-likeness (QED) is 0.823. The molecule has 0 radical (unpaired) electrons. The number of benzene rings is 2. The lowest BCUT2D eigenvalue weighted by Gasteiger charge is -2.44. The number of anilines is 1. The Kier molecular flexibility index (Phi) is 5.47. The minimum atomic E-state index is -0.192. The largest absolute Gasteiger partial charge is 0.480 e. The molecule has 0 aromatic heterocycles. The molecule has 148 valence electrons. The smallest absolute Gasteiger partial charge is 0.155 e. The Labute approximate surface area is 170 Å². The molecular formula is C22H25ClFN3O. The second kappa shape index (κ2) is 8.02. The normalized spacial score (nSPS) is 22.2. The summed E-state index contributed by atoms with van der Waals surface area (Å²) in [4.78, 5) is 4.74. The van der Waals surface area contributed by atoms with Gasteiger partial charge in [0, 0.05) is 42.9 Å². The summed E-state index contributed by atoms with van der Waals surface area (Å²) in [5.41, 5.74) is 3.06. The predicted octanol–water partition coefficient (Wildman–Crippen LogP) is 4.37. The number of nitrogens with zero attached hydrogens (tertiary/aromatic N) is 2. The van der Waals surface area contributed by atoms with Crippen LogP contribution in [0.5, 0.6) is 5.75 Å². The number of piperazine rings is 1. The molecule has 1 fully saturated rings. The Morgan fingerprint density at radius 2 is 2.04 bits per heavy atom. The van der Waals surface area contributed by atoms with Crippen LogP contribution in [0.1, 0.15) is 12.5 Å². The third kappa shape index (κ3) is 4.10. The van der Waals surface area contributed by atoms with Crippen molar-refractivity contribution in [3.63, 3.8) is 0 Å². The van der Waals surface area contributed by atoms with E-state index in [1.165, 1.54) is 12.1 Å². The Bertz CT molecular complexity index is 857. The molecule has 0 amide bonds. The predicted molar refractivity (Wildman–Crippen MR) is 111 cm³/mol. The summed E-state index contributed by atoms with van der Waals surface area (Å²) >= 11 is 6.05. The Balaban J connectivity index is 1.36. The van der Waals surface area contributed by atoms with Crippen molar-refractivity contribution in [1.29, 1.82) is 0 Å². The van der Waals surface area contributed by atoms with Crippen LogP contribution in [0, 0.1) is 5.82 Å². The van der Waals surface area contributed by atoms with E-state index >= 15 is 0 Å². The van der Waals surface area contributed by atoms with E-state index in [9.17, 15) is 4.39 Å². The maximum atomic E-state index is 13.1. The van der Waals surface area contributed by atoms with E-state index in [-0.39, 0.29) is 11.9 Å². The molecular weight excluding hydrogens is 377 g/mol. The molecule has 2 aliphatic rings. The fraction of sp³-hybridized carbons (Fsp3) is 0.364. The fourth-order valence-corrected chi connectivity index (χ4v) is 4.13. The van der Waals surface area contributed by atoms with Gasteiger partial charge < -0.3 is 15.0 Å². The Hall–Kier alpha value is -2.24. The van der Waals surface area contributed by atoms with Gasteiger partial charge in [0.1, 0.15) is 11.6 Å². The summed E-state index contributed by atoms with van der Waals surface area (Å²) in [6.07, 6.45) is -0.0974. The van der Waals surface area contributed by atoms with Crippen molar-refractivity contribution in [3.8, 4) is 5.75 Å². The van der Waals surface area contributed by atoms with E-state index in [1.807, 2.05) is 30.3 Å². The SMILES string of the molecule is C=C(C1CNc2cc(Cl)ccc2O1)N1CCN(Cc2ccc(F)cc2)CC1C. The highest BCUT2D eigenvalue weighted by Crippen LogP contribution is 2.33. The standard InChI is InChI=1S/C22H25ClFN3O/c1-15-13-26(14-17-3-6-19(24)7-4-17)9-10-27(15)16(2)22-12-25-20-11-18(23)5-8-21(20)28-22/h3-8,11,15,22,25H,2,9-10,12-14H2,1H3. The van der Waals surface area contributed by atoms with Crippen molar-refractivity contribution < 1.29 is 9.13 Å². The van der Waals surface area contributed by atoms with E-state index in [1.54, 1.807) is 0 Å². The first-order chi connectivity index (χ1) is 13.5. The van der Waals surface area contributed by atoms with Gasteiger partial charge in [0.15, 0.2) is 6.10 Å². The van der Waals surface area contributed by atoms with Crippen molar-refractivity contribution >= 4 is 17.3 Å². The van der Waals surface area contributed by atoms with Gasteiger partial charge in [0.05, 0.1) is 12.2 Å². The van der Waals surface area contributed by atoms with Crippen molar-refractivity contribution in [1.82, 2.24) is 9.80 Å². The second-order valence-corrected chi connectivity index (χ2v) is 7.96. The molecule has 28 heavy (non-hydrogen) atoms. The van der Waals surface area contributed by atoms with Gasteiger partial charge >= 0.3 is 0 Å². The first-order valence-electron chi connectivity index (χ1n) is 9.62. The summed E-state index contributed by atoms with van der Waals surface area (Å²) in [5.74, 6) is 0.618. The van der Waals surface area contributed by atoms with E-state index in [0.717, 1.165) is 48.9 Å². The first-order valence-corrected chi connectivity index (χ1v) is 10.00. The zero-order chi connectivity index (χ0) is 19.7. The van der Waals surface area contributed by atoms with Gasteiger partial charge in [-0.05, 0) is 42.8 Å². The van der Waals surface area contributed by atoms with Crippen LogP contribution < -0.4 is 10.1 Å². The summed E-state index contributed by atoms with van der Waals surface area (Å²) in [5, 5.41) is 4.09. The molecule has 2 aromatic rings. The molecule has 1 saturated heterocycles. The highest BCUT2D eigenvalue weighted by atomic mass is 35.5. The van der Waals surface area contributed by atoms with Crippen molar-refractivity contribution in [2.24, 2.45) is 0 Å². The average Bonchev–Trinajstić information content (AvgIpc) is 2.69. The van der Waals surface area contributed by atoms with Gasteiger partial charge in [0.2, 0.25) is 0 Å². The molecule has 4 nitrogen and oxygen atoms in total. The molecule has 0 spiro atoms. The Morgan fingerprint density at radius 3 is 2.79 bits per heavy atom. The van der Waals surface area contributed by atoms with Crippen molar-refractivity contribution in [2.45, 2.75) is 25.6 Å². The van der Waals surface area contributed by atoms with Gasteiger partial charge in [-0.3, -0.25) is 4.90 Å². The van der Waals surface area contributed by atoms with E-state index in [4.69, 9.17) is 16.3 Å². The van der Waals surface area contributed by atoms with Crippen LogP contribution in [-0.4, -0.2) is 48.1 Å². The molecule has 2 unspecified atom stereocenters. The first kappa shape index (κ1) is 19.1. The van der Waals surface area contributed by atoms with Crippen LogP contribution in [0.2, 0.25) is 5.02 Å². The second-order valence-electron chi connectivity index (χ2n) is 7.52. The highest BCUT2D eigenvalue weighted by Gasteiger charge is 2.30. The summed E-state index contributed by atoms with van der Waals surface area (Å²) in [7, 11) is 0. The third-order valence-electron chi connectivity index (χ3n) is 5.46. The molecule has 2 heterocycles. The number of fused-ring (bicyclic) bond motifs is 1. The molecule has 2 aromatic carbocycles. The summed E-state index contributed by atoms with van der Waals surface area (Å²) < 4.78 is 19.3. The minimum absolute atomic E-state index is 0.0974. The lowest BCUT2D eigenvalue weighted by Crippen LogP contribution is -2.53. The Morgan fingerprint density at radius 1 is 1.25 bits per heavy atom. The number of ether oxygens (including phenoxy) is 1. The van der Waals surface area contributed by atoms with E-state index in [0.29, 0.717) is 17.6 Å².